The molecule has 32 valence electrons. The first-order chi connectivity index (χ1) is 2.27. The highest BCUT2D eigenvalue weighted by Gasteiger charge is 1.86. The van der Waals surface area contributed by atoms with Gasteiger partial charge in [0.2, 0.25) is 8.15 Å². The highest BCUT2D eigenvalue weighted by molar-refractivity contribution is 8.08. The van der Waals surface area contributed by atoms with Crippen molar-refractivity contribution < 1.29 is 8.72 Å². The highest BCUT2D eigenvalue weighted by atomic mass is 32.0. The van der Waals surface area contributed by atoms with Crippen molar-refractivity contribution in [2.75, 3.05) is 7.11 Å². The van der Waals surface area contributed by atoms with Gasteiger partial charge in [0.05, 0.1) is 0 Å². The third kappa shape index (κ3) is 4.75. The van der Waals surface area contributed by atoms with Gasteiger partial charge in [0.1, 0.15) is 0 Å². The summed E-state index contributed by atoms with van der Waals surface area (Å²) in [6, 6.07) is 0. The second-order valence-electron chi connectivity index (χ2n) is 0.455. The fourth-order valence-corrected chi connectivity index (χ4v) is 0. The average molecular weight is 114 g/mol. The topological polar surface area (TPSA) is 9.23 Å². The molecule has 0 aliphatic heterocycles. The van der Waals surface area contributed by atoms with Crippen LogP contribution in [-0.2, 0) is 4.52 Å². The molecule has 0 bridgehead atoms. The van der Waals surface area contributed by atoms with Crippen LogP contribution >= 0.6 is 17.1 Å². The van der Waals surface area contributed by atoms with Gasteiger partial charge in [0.15, 0.2) is 0 Å². The zero-order chi connectivity index (χ0) is 4.28. The maximum atomic E-state index is 11.2. The van der Waals surface area contributed by atoms with E-state index < -0.39 is 8.15 Å². The third-order valence-electron chi connectivity index (χ3n) is 0.174. The van der Waals surface area contributed by atoms with Crippen LogP contribution in [0.15, 0.2) is 0 Å². The molecule has 0 aromatic heterocycles. The van der Waals surface area contributed by atoms with Gasteiger partial charge in [-0.05, 0) is 8.93 Å². The van der Waals surface area contributed by atoms with Crippen LogP contribution in [0.3, 0.4) is 0 Å². The van der Waals surface area contributed by atoms with Crippen LogP contribution in [0.4, 0.5) is 4.20 Å². The summed E-state index contributed by atoms with van der Waals surface area (Å²) in [6.07, 6.45) is 0. The molecule has 0 fully saturated rings. The van der Waals surface area contributed by atoms with Crippen LogP contribution in [0, 0.1) is 0 Å². The fraction of sp³-hybridized carbons (Fsp3) is 1.00. The lowest BCUT2D eigenvalue weighted by atomic mass is 11.8. The maximum Gasteiger partial charge on any atom is 0.236 e. The monoisotopic (exact) mass is 114 g/mol. The van der Waals surface area contributed by atoms with E-state index in [-0.39, 0.29) is 0 Å². The van der Waals surface area contributed by atoms with Crippen molar-refractivity contribution in [3.63, 3.8) is 0 Å². The largest absolute Gasteiger partial charge is 0.331 e. The Morgan fingerprint density at radius 3 is 2.20 bits per heavy atom. The molecule has 5 heavy (non-hydrogen) atoms. The number of hydrogen-bond acceptors (Lipinski definition) is 1. The van der Waals surface area contributed by atoms with Gasteiger partial charge in [-0.25, -0.2) is 0 Å². The molecule has 0 aliphatic carbocycles. The van der Waals surface area contributed by atoms with Crippen LogP contribution in [0.2, 0.25) is 0 Å². The summed E-state index contributed by atoms with van der Waals surface area (Å²) in [6.45, 7) is 0. The van der Waals surface area contributed by atoms with Crippen molar-refractivity contribution >= 4 is 17.1 Å². The molecule has 0 N–H and O–H groups in total. The van der Waals surface area contributed by atoms with Gasteiger partial charge in [0.25, 0.3) is 0 Å². The smallest absolute Gasteiger partial charge is 0.236 e. The van der Waals surface area contributed by atoms with Crippen molar-refractivity contribution in [3.05, 3.63) is 0 Å². The maximum absolute atomic E-state index is 11.2. The summed E-state index contributed by atoms with van der Waals surface area (Å²) in [5.74, 6) is 0. The van der Waals surface area contributed by atoms with E-state index in [0.717, 1.165) is 0 Å². The molecule has 0 heterocycles. The Kier molecular flexibility index (Phi) is 3.40. The lowest BCUT2D eigenvalue weighted by Crippen LogP contribution is -1.52. The molecular weight excluding hydrogens is 109 g/mol. The van der Waals surface area contributed by atoms with Gasteiger partial charge in [-0.1, -0.05) is 0 Å². The number of hydrogen-bond donors (Lipinski definition) is 0. The average Bonchev–Trinajstić information content (AvgIpc) is 1.38. The van der Waals surface area contributed by atoms with E-state index in [9.17, 15) is 4.20 Å². The SMILES string of the molecule is COP(F)P. The molecule has 2 unspecified atom stereocenters. The predicted octanol–water partition coefficient (Wildman–Crippen LogP) is 1.70. The van der Waals surface area contributed by atoms with E-state index in [1.807, 2.05) is 8.93 Å². The van der Waals surface area contributed by atoms with Gasteiger partial charge >= 0.3 is 0 Å². The van der Waals surface area contributed by atoms with E-state index >= 15 is 0 Å². The van der Waals surface area contributed by atoms with Crippen LogP contribution < -0.4 is 0 Å². The third-order valence-corrected chi connectivity index (χ3v) is 1.16. The van der Waals surface area contributed by atoms with E-state index in [1.165, 1.54) is 7.11 Å². The molecule has 0 rings (SSSR count). The predicted molar refractivity (Wildman–Crippen MR) is 24.7 cm³/mol. The Morgan fingerprint density at radius 1 is 2.00 bits per heavy atom. The molecule has 2 atom stereocenters. The minimum Gasteiger partial charge on any atom is -0.331 e. The highest BCUT2D eigenvalue weighted by Crippen LogP contribution is 2.45. The molecule has 0 radical (unpaired) electrons. The molecule has 4 heteroatoms. The quantitative estimate of drug-likeness (QED) is 0.471. The van der Waals surface area contributed by atoms with Gasteiger partial charge < -0.3 is 4.52 Å². The van der Waals surface area contributed by atoms with Gasteiger partial charge in [0, 0.05) is 7.11 Å². The molecule has 0 saturated heterocycles. The van der Waals surface area contributed by atoms with Crippen molar-refractivity contribution in [3.8, 4) is 0 Å². The molecule has 1 nitrogen and oxygen atoms in total. The summed E-state index contributed by atoms with van der Waals surface area (Å²) in [7, 11) is 1.56. The Morgan fingerprint density at radius 2 is 2.20 bits per heavy atom. The van der Waals surface area contributed by atoms with Crippen LogP contribution in [0.1, 0.15) is 0 Å². The molecule has 0 saturated carbocycles. The van der Waals surface area contributed by atoms with Crippen molar-refractivity contribution in [2.24, 2.45) is 0 Å². The van der Waals surface area contributed by atoms with Gasteiger partial charge in [-0.15, -0.1) is 0 Å². The number of halogens is 1. The Balaban J connectivity index is 2.54. The first kappa shape index (κ1) is 5.75. The van der Waals surface area contributed by atoms with Gasteiger partial charge in [-0.2, -0.15) is 4.20 Å². The number of rotatable bonds is 1. The van der Waals surface area contributed by atoms with Crippen molar-refractivity contribution in [2.45, 2.75) is 0 Å². The van der Waals surface area contributed by atoms with E-state index in [1.54, 1.807) is 0 Å². The normalized spacial score (nSPS) is 15.0. The zero-order valence-corrected chi connectivity index (χ0v) is 4.86. The first-order valence-electron chi connectivity index (χ1n) is 1.02. The van der Waals surface area contributed by atoms with Crippen molar-refractivity contribution in [1.82, 2.24) is 0 Å². The molecular formula is CH5FOP2. The van der Waals surface area contributed by atoms with Crippen LogP contribution in [0.5, 0.6) is 0 Å². The Labute approximate surface area is 34.0 Å². The van der Waals surface area contributed by atoms with Crippen LogP contribution in [0.25, 0.3) is 0 Å². The summed E-state index contributed by atoms with van der Waals surface area (Å²) in [5, 5.41) is 0. The second-order valence-corrected chi connectivity index (χ2v) is 2.58. The van der Waals surface area contributed by atoms with Crippen molar-refractivity contribution in [1.29, 1.82) is 0 Å². The lowest BCUT2D eigenvalue weighted by Gasteiger charge is -1.88. The summed E-state index contributed by atoms with van der Waals surface area (Å²) < 4.78 is 15.3. The molecule has 0 aromatic rings. The summed E-state index contributed by atoms with van der Waals surface area (Å²) >= 11 is 0. The van der Waals surface area contributed by atoms with E-state index in [0.29, 0.717) is 0 Å². The van der Waals surface area contributed by atoms with Crippen LogP contribution in [-0.4, -0.2) is 7.11 Å². The standard InChI is InChI=1S/CH5FOP2/c1-3-5(2)4/h4H2,1H3. The summed E-state index contributed by atoms with van der Waals surface area (Å²) in [5.41, 5.74) is 0. The fourth-order valence-electron chi connectivity index (χ4n) is 0. The zero-order valence-electron chi connectivity index (χ0n) is 2.81. The molecule has 0 aromatic carbocycles. The molecule has 0 spiro atoms. The first-order valence-corrected chi connectivity index (χ1v) is 3.79. The van der Waals surface area contributed by atoms with Gasteiger partial charge in [-0.3, -0.25) is 0 Å². The lowest BCUT2D eigenvalue weighted by molar-refractivity contribution is 0.445. The minimum atomic E-state index is -1.68. The Bertz CT molecular complexity index is 23.6. The molecule has 0 aliphatic rings. The summed E-state index contributed by atoms with van der Waals surface area (Å²) in [4.78, 5) is 0. The second kappa shape index (κ2) is 2.96. The van der Waals surface area contributed by atoms with E-state index in [2.05, 4.69) is 4.52 Å². The molecule has 0 amide bonds. The minimum absolute atomic E-state index is 1.33. The Hall–Kier alpha value is 0.750. The van der Waals surface area contributed by atoms with E-state index in [4.69, 9.17) is 0 Å².